The maximum absolute atomic E-state index is 12.3. The van der Waals surface area contributed by atoms with Crippen LogP contribution in [-0.4, -0.2) is 29.7 Å². The van der Waals surface area contributed by atoms with E-state index in [1.165, 1.54) is 0 Å². The van der Waals surface area contributed by atoms with Gasteiger partial charge in [0.15, 0.2) is 0 Å². The van der Waals surface area contributed by atoms with Crippen molar-refractivity contribution in [1.29, 1.82) is 0 Å². The van der Waals surface area contributed by atoms with Gasteiger partial charge in [-0.05, 0) is 25.0 Å². The van der Waals surface area contributed by atoms with E-state index in [0.29, 0.717) is 19.3 Å². The number of aromatic nitrogens is 1. The van der Waals surface area contributed by atoms with Gasteiger partial charge in [0.05, 0.1) is 16.3 Å². The highest BCUT2D eigenvalue weighted by molar-refractivity contribution is 7.89. The van der Waals surface area contributed by atoms with Gasteiger partial charge in [-0.25, -0.2) is 13.1 Å². The summed E-state index contributed by atoms with van der Waals surface area (Å²) in [5.41, 5.74) is 5.83. The first-order valence-corrected chi connectivity index (χ1v) is 9.21. The van der Waals surface area contributed by atoms with Gasteiger partial charge in [-0.3, -0.25) is 4.98 Å². The maximum atomic E-state index is 12.3. The lowest BCUT2D eigenvalue weighted by molar-refractivity contribution is 0.353. The van der Waals surface area contributed by atoms with E-state index in [0.717, 1.165) is 25.0 Å². The molecule has 1 aliphatic carbocycles. The molecule has 116 valence electrons. The number of pyridine rings is 1. The molecule has 5 nitrogen and oxygen atoms in total. The molecule has 0 amide bonds. The summed E-state index contributed by atoms with van der Waals surface area (Å²) in [5.74, 6) is -0.00558. The second kappa shape index (κ2) is 6.81. The summed E-state index contributed by atoms with van der Waals surface area (Å²) in [6, 6.07) is 5.47. The smallest absolute Gasteiger partial charge is 0.212 e. The molecule has 1 saturated carbocycles. The van der Waals surface area contributed by atoms with E-state index in [1.54, 1.807) is 12.3 Å². The van der Waals surface area contributed by atoms with Crippen LogP contribution < -0.4 is 10.5 Å². The van der Waals surface area contributed by atoms with E-state index in [2.05, 4.69) is 9.71 Å². The SMILES string of the molecule is NC(=S)C1(NS(=O)(=O)CCc2ccccn2)CCCCC1. The molecule has 7 heteroatoms. The molecule has 21 heavy (non-hydrogen) atoms. The molecular formula is C14H21N3O2S2. The van der Waals surface area contributed by atoms with Crippen molar-refractivity contribution in [3.63, 3.8) is 0 Å². The fraction of sp³-hybridized carbons (Fsp3) is 0.571. The van der Waals surface area contributed by atoms with E-state index >= 15 is 0 Å². The largest absolute Gasteiger partial charge is 0.392 e. The Hall–Kier alpha value is -1.05. The molecule has 0 spiro atoms. The Morgan fingerprint density at radius 1 is 1.33 bits per heavy atom. The fourth-order valence-corrected chi connectivity index (χ4v) is 4.50. The van der Waals surface area contributed by atoms with E-state index in [9.17, 15) is 8.42 Å². The normalized spacial score (nSPS) is 18.3. The lowest BCUT2D eigenvalue weighted by Crippen LogP contribution is -2.58. The molecule has 1 aromatic rings. The molecule has 0 aliphatic heterocycles. The minimum Gasteiger partial charge on any atom is -0.392 e. The molecule has 3 N–H and O–H groups in total. The molecule has 2 rings (SSSR count). The number of thiocarbonyl (C=S) groups is 1. The molecule has 0 atom stereocenters. The van der Waals surface area contributed by atoms with Gasteiger partial charge in [-0.2, -0.15) is 0 Å². The predicted molar refractivity (Wildman–Crippen MR) is 87.5 cm³/mol. The van der Waals surface area contributed by atoms with Crippen molar-refractivity contribution in [2.75, 3.05) is 5.75 Å². The number of nitrogens with two attached hydrogens (primary N) is 1. The van der Waals surface area contributed by atoms with Gasteiger partial charge in [-0.15, -0.1) is 0 Å². The van der Waals surface area contributed by atoms with Crippen LogP contribution in [-0.2, 0) is 16.4 Å². The average Bonchev–Trinajstić information content (AvgIpc) is 2.47. The summed E-state index contributed by atoms with van der Waals surface area (Å²) in [7, 11) is -3.44. The second-order valence-electron chi connectivity index (χ2n) is 5.50. The molecule has 0 saturated heterocycles. The minimum absolute atomic E-state index is 0.00558. The Kier molecular flexibility index (Phi) is 5.29. The van der Waals surface area contributed by atoms with Crippen molar-refractivity contribution in [1.82, 2.24) is 9.71 Å². The number of hydrogen-bond acceptors (Lipinski definition) is 4. The van der Waals surface area contributed by atoms with Crippen LogP contribution in [0.15, 0.2) is 24.4 Å². The Bertz CT molecular complexity index is 581. The zero-order valence-electron chi connectivity index (χ0n) is 11.9. The lowest BCUT2D eigenvalue weighted by Gasteiger charge is -2.36. The fourth-order valence-electron chi connectivity index (χ4n) is 2.69. The first-order valence-electron chi connectivity index (χ1n) is 7.15. The van der Waals surface area contributed by atoms with Crippen molar-refractivity contribution in [2.45, 2.75) is 44.1 Å². The third kappa shape index (κ3) is 4.46. The molecule has 0 bridgehead atoms. The first kappa shape index (κ1) is 16.3. The van der Waals surface area contributed by atoms with Crippen LogP contribution in [0.4, 0.5) is 0 Å². The maximum Gasteiger partial charge on any atom is 0.212 e. The highest BCUT2D eigenvalue weighted by Gasteiger charge is 2.38. The van der Waals surface area contributed by atoms with E-state index in [-0.39, 0.29) is 10.7 Å². The minimum atomic E-state index is -3.44. The predicted octanol–water partition coefficient (Wildman–Crippen LogP) is 1.53. The summed E-state index contributed by atoms with van der Waals surface area (Å²) in [6.45, 7) is 0. The summed E-state index contributed by atoms with van der Waals surface area (Å²) >= 11 is 5.11. The highest BCUT2D eigenvalue weighted by atomic mass is 32.2. The topological polar surface area (TPSA) is 85.1 Å². The van der Waals surface area contributed by atoms with Gasteiger partial charge in [0.1, 0.15) is 0 Å². The van der Waals surface area contributed by atoms with Crippen LogP contribution in [0.2, 0.25) is 0 Å². The molecule has 0 aromatic carbocycles. The van der Waals surface area contributed by atoms with E-state index < -0.39 is 15.6 Å². The average molecular weight is 327 g/mol. The van der Waals surface area contributed by atoms with Crippen LogP contribution >= 0.6 is 12.2 Å². The van der Waals surface area contributed by atoms with Gasteiger partial charge in [0.2, 0.25) is 10.0 Å². The molecule has 0 radical (unpaired) electrons. The van der Waals surface area contributed by atoms with Crippen LogP contribution in [0.3, 0.4) is 0 Å². The van der Waals surface area contributed by atoms with Crippen LogP contribution in [0.25, 0.3) is 0 Å². The number of nitrogens with zero attached hydrogens (tertiary/aromatic N) is 1. The van der Waals surface area contributed by atoms with E-state index in [4.69, 9.17) is 18.0 Å². The van der Waals surface area contributed by atoms with Gasteiger partial charge >= 0.3 is 0 Å². The number of sulfonamides is 1. The van der Waals surface area contributed by atoms with Crippen LogP contribution in [0, 0.1) is 0 Å². The molecular weight excluding hydrogens is 306 g/mol. The third-order valence-corrected chi connectivity index (χ3v) is 5.72. The van der Waals surface area contributed by atoms with Crippen LogP contribution in [0.1, 0.15) is 37.8 Å². The zero-order chi connectivity index (χ0) is 15.3. The Labute approximate surface area is 131 Å². The van der Waals surface area contributed by atoms with Crippen molar-refractivity contribution in [3.05, 3.63) is 30.1 Å². The monoisotopic (exact) mass is 327 g/mol. The van der Waals surface area contributed by atoms with Gasteiger partial charge in [0, 0.05) is 18.3 Å². The second-order valence-corrected chi connectivity index (χ2v) is 7.78. The Morgan fingerprint density at radius 3 is 2.62 bits per heavy atom. The highest BCUT2D eigenvalue weighted by Crippen LogP contribution is 2.29. The molecule has 1 aliphatic rings. The number of hydrogen-bond donors (Lipinski definition) is 2. The first-order chi connectivity index (χ1) is 9.94. The third-order valence-electron chi connectivity index (χ3n) is 3.88. The van der Waals surface area contributed by atoms with Gasteiger partial charge < -0.3 is 5.73 Å². The summed E-state index contributed by atoms with van der Waals surface area (Å²) in [5, 5.41) is 0. The van der Waals surface area contributed by atoms with Crippen LogP contribution in [0.5, 0.6) is 0 Å². The van der Waals surface area contributed by atoms with Gasteiger partial charge in [-0.1, -0.05) is 37.5 Å². The van der Waals surface area contributed by atoms with Crippen molar-refractivity contribution >= 4 is 27.2 Å². The molecule has 1 fully saturated rings. The lowest BCUT2D eigenvalue weighted by atomic mass is 9.82. The van der Waals surface area contributed by atoms with Gasteiger partial charge in [0.25, 0.3) is 0 Å². The molecule has 0 unspecified atom stereocenters. The summed E-state index contributed by atoms with van der Waals surface area (Å²) in [6.07, 6.45) is 6.40. The van der Waals surface area contributed by atoms with Crippen molar-refractivity contribution in [2.24, 2.45) is 5.73 Å². The summed E-state index contributed by atoms with van der Waals surface area (Å²) < 4.78 is 27.4. The number of aryl methyl sites for hydroxylation is 1. The van der Waals surface area contributed by atoms with E-state index in [1.807, 2.05) is 12.1 Å². The number of nitrogens with one attached hydrogen (secondary N) is 1. The van der Waals surface area contributed by atoms with Crippen molar-refractivity contribution in [3.8, 4) is 0 Å². The zero-order valence-corrected chi connectivity index (χ0v) is 13.5. The molecule has 1 aromatic heterocycles. The Balaban J connectivity index is 2.03. The van der Waals surface area contributed by atoms with Crippen molar-refractivity contribution < 1.29 is 8.42 Å². The standard InChI is InChI=1S/C14H21N3O2S2/c15-13(20)14(8-3-1-4-9-14)17-21(18,19)11-7-12-6-2-5-10-16-12/h2,5-6,10,17H,1,3-4,7-9,11H2,(H2,15,20). The number of rotatable bonds is 6. The summed E-state index contributed by atoms with van der Waals surface area (Å²) in [4.78, 5) is 4.39. The molecule has 1 heterocycles. The quantitative estimate of drug-likeness (QED) is 0.774. The Morgan fingerprint density at radius 2 is 2.05 bits per heavy atom.